The van der Waals surface area contributed by atoms with Crippen LogP contribution in [-0.2, 0) is 28.7 Å². The van der Waals surface area contributed by atoms with Crippen LogP contribution in [0.2, 0.25) is 0 Å². The molecule has 8 heteroatoms. The molecular formula is C9H10O8. The summed E-state index contributed by atoms with van der Waals surface area (Å²) in [5, 5.41) is 17.1. The Morgan fingerprint density at radius 3 is 1.88 bits per heavy atom. The highest BCUT2D eigenvalue weighted by Crippen LogP contribution is 2.17. The van der Waals surface area contributed by atoms with Gasteiger partial charge in [0.2, 0.25) is 17.2 Å². The van der Waals surface area contributed by atoms with E-state index in [4.69, 9.17) is 10.2 Å². The first-order valence-electron chi connectivity index (χ1n) is 4.33. The summed E-state index contributed by atoms with van der Waals surface area (Å²) in [4.78, 5) is 53.5. The van der Waals surface area contributed by atoms with E-state index >= 15 is 0 Å². The number of ether oxygens (including phenoxy) is 1. The van der Waals surface area contributed by atoms with Crippen LogP contribution >= 0.6 is 0 Å². The first kappa shape index (κ1) is 14.8. The van der Waals surface area contributed by atoms with Crippen molar-refractivity contribution in [1.82, 2.24) is 0 Å². The molecule has 0 amide bonds. The van der Waals surface area contributed by atoms with Gasteiger partial charge in [-0.1, -0.05) is 0 Å². The van der Waals surface area contributed by atoms with Crippen LogP contribution in [0.4, 0.5) is 0 Å². The molecule has 0 aliphatic rings. The molecule has 1 atom stereocenters. The van der Waals surface area contributed by atoms with E-state index in [0.717, 1.165) is 13.8 Å². The van der Waals surface area contributed by atoms with E-state index in [2.05, 4.69) is 4.74 Å². The van der Waals surface area contributed by atoms with E-state index in [9.17, 15) is 24.0 Å². The van der Waals surface area contributed by atoms with Gasteiger partial charge in [-0.25, -0.2) is 14.4 Å². The van der Waals surface area contributed by atoms with Crippen LogP contribution in [0.3, 0.4) is 0 Å². The summed E-state index contributed by atoms with van der Waals surface area (Å²) in [6, 6.07) is 0. The number of aliphatic carboxylic acids is 2. The van der Waals surface area contributed by atoms with Gasteiger partial charge in [-0.15, -0.1) is 0 Å². The number of hydrogen-bond donors (Lipinski definition) is 2. The van der Waals surface area contributed by atoms with Gasteiger partial charge in [0.05, 0.1) is 6.42 Å². The van der Waals surface area contributed by atoms with Crippen molar-refractivity contribution in [2.75, 3.05) is 0 Å². The Morgan fingerprint density at radius 2 is 1.59 bits per heavy atom. The molecule has 0 aliphatic heterocycles. The number of carboxylic acid groups (broad SMARTS) is 2. The van der Waals surface area contributed by atoms with E-state index in [1.165, 1.54) is 0 Å². The fraction of sp³-hybridized carbons (Fsp3) is 0.444. The highest BCUT2D eigenvalue weighted by Gasteiger charge is 2.42. The zero-order valence-electron chi connectivity index (χ0n) is 9.05. The van der Waals surface area contributed by atoms with Gasteiger partial charge in [0.25, 0.3) is 0 Å². The standard InChI is InChI=1S/C9H10O8/c1-4(10)7(14)17-9(2,8(15)16)3-5(11)6(12)13/h3H2,1-2H3,(H,12,13)(H,15,16). The van der Waals surface area contributed by atoms with Crippen molar-refractivity contribution in [3.63, 3.8) is 0 Å². The fourth-order valence-electron chi connectivity index (χ4n) is 0.814. The Kier molecular flexibility index (Phi) is 4.50. The Bertz CT molecular complexity index is 366. The molecule has 1 unspecified atom stereocenters. The van der Waals surface area contributed by atoms with E-state index in [1.807, 2.05) is 0 Å². The summed E-state index contributed by atoms with van der Waals surface area (Å²) < 4.78 is 4.31. The van der Waals surface area contributed by atoms with Crippen LogP contribution in [0.15, 0.2) is 0 Å². The van der Waals surface area contributed by atoms with Crippen molar-refractivity contribution in [1.29, 1.82) is 0 Å². The molecule has 0 rings (SSSR count). The Hall–Kier alpha value is -2.25. The second kappa shape index (κ2) is 5.19. The van der Waals surface area contributed by atoms with Crippen LogP contribution < -0.4 is 0 Å². The molecule has 0 spiro atoms. The highest BCUT2D eigenvalue weighted by molar-refractivity contribution is 6.34. The van der Waals surface area contributed by atoms with Crippen molar-refractivity contribution in [2.45, 2.75) is 25.9 Å². The average molecular weight is 246 g/mol. The summed E-state index contributed by atoms with van der Waals surface area (Å²) in [6.45, 7) is 1.68. The van der Waals surface area contributed by atoms with E-state index in [1.54, 1.807) is 0 Å². The number of ketones is 2. The third-order valence-electron chi connectivity index (χ3n) is 1.79. The minimum Gasteiger partial charge on any atom is -0.478 e. The van der Waals surface area contributed by atoms with E-state index < -0.39 is 41.5 Å². The zero-order chi connectivity index (χ0) is 13.8. The summed E-state index contributed by atoms with van der Waals surface area (Å²) in [7, 11) is 0. The molecule has 0 aromatic heterocycles. The van der Waals surface area contributed by atoms with Gasteiger partial charge >= 0.3 is 17.9 Å². The number of carbonyl (C=O) groups excluding carboxylic acids is 3. The topological polar surface area (TPSA) is 135 Å². The lowest BCUT2D eigenvalue weighted by Crippen LogP contribution is -2.44. The third-order valence-corrected chi connectivity index (χ3v) is 1.79. The van der Waals surface area contributed by atoms with Gasteiger partial charge < -0.3 is 14.9 Å². The minimum atomic E-state index is -2.38. The SMILES string of the molecule is CC(=O)C(=O)OC(C)(CC(=O)C(=O)O)C(=O)O. The van der Waals surface area contributed by atoms with Crippen molar-refractivity contribution in [3.05, 3.63) is 0 Å². The molecule has 0 radical (unpaired) electrons. The molecular weight excluding hydrogens is 236 g/mol. The Labute approximate surface area is 95.2 Å². The smallest absolute Gasteiger partial charge is 0.375 e. The number of carboxylic acids is 2. The first-order valence-corrected chi connectivity index (χ1v) is 4.33. The summed E-state index contributed by atoms with van der Waals surface area (Å²) in [5.41, 5.74) is -2.38. The number of hydrogen-bond acceptors (Lipinski definition) is 6. The first-order chi connectivity index (χ1) is 7.60. The summed E-state index contributed by atoms with van der Waals surface area (Å²) in [5.74, 6) is -7.52. The van der Waals surface area contributed by atoms with Gasteiger partial charge in [-0.3, -0.25) is 9.59 Å². The summed E-state index contributed by atoms with van der Waals surface area (Å²) in [6.07, 6.45) is -1.06. The van der Waals surface area contributed by atoms with Crippen LogP contribution in [0.5, 0.6) is 0 Å². The number of rotatable bonds is 6. The van der Waals surface area contributed by atoms with E-state index in [-0.39, 0.29) is 0 Å². The summed E-state index contributed by atoms with van der Waals surface area (Å²) >= 11 is 0. The van der Waals surface area contributed by atoms with Crippen LogP contribution in [0.25, 0.3) is 0 Å². The number of Topliss-reactive ketones (excluding diaryl/α,β-unsaturated/α-hetero) is 2. The monoisotopic (exact) mass is 246 g/mol. The minimum absolute atomic E-state index is 0.830. The average Bonchev–Trinajstić information content (AvgIpc) is 2.16. The molecule has 0 saturated carbocycles. The van der Waals surface area contributed by atoms with Gasteiger partial charge in [-0.2, -0.15) is 0 Å². The molecule has 0 saturated heterocycles. The largest absolute Gasteiger partial charge is 0.478 e. The van der Waals surface area contributed by atoms with Crippen molar-refractivity contribution < 1.29 is 38.9 Å². The molecule has 17 heavy (non-hydrogen) atoms. The van der Waals surface area contributed by atoms with Gasteiger partial charge in [0, 0.05) is 6.92 Å². The fourth-order valence-corrected chi connectivity index (χ4v) is 0.814. The molecule has 0 aromatic rings. The van der Waals surface area contributed by atoms with Crippen molar-refractivity contribution in [2.24, 2.45) is 0 Å². The predicted octanol–water partition coefficient (Wildman–Crippen LogP) is -0.994. The van der Waals surface area contributed by atoms with Crippen molar-refractivity contribution in [3.8, 4) is 0 Å². The Morgan fingerprint density at radius 1 is 1.12 bits per heavy atom. The van der Waals surface area contributed by atoms with Crippen LogP contribution in [-0.4, -0.2) is 45.3 Å². The lowest BCUT2D eigenvalue weighted by Gasteiger charge is -2.22. The number of carbonyl (C=O) groups is 5. The molecule has 8 nitrogen and oxygen atoms in total. The lowest BCUT2D eigenvalue weighted by molar-refractivity contribution is -0.180. The van der Waals surface area contributed by atoms with E-state index in [0.29, 0.717) is 0 Å². The molecule has 0 heterocycles. The predicted molar refractivity (Wildman–Crippen MR) is 50.1 cm³/mol. The maximum absolute atomic E-state index is 10.9. The second-order valence-electron chi connectivity index (χ2n) is 3.39. The lowest BCUT2D eigenvalue weighted by atomic mass is 9.99. The normalized spacial score (nSPS) is 13.3. The maximum atomic E-state index is 10.9. The third kappa shape index (κ3) is 4.01. The maximum Gasteiger partial charge on any atom is 0.375 e. The quantitative estimate of drug-likeness (QED) is 0.450. The zero-order valence-corrected chi connectivity index (χ0v) is 9.05. The van der Waals surface area contributed by atoms with Gasteiger partial charge in [-0.05, 0) is 6.92 Å². The molecule has 0 fully saturated rings. The Balaban J connectivity index is 4.99. The number of esters is 1. The second-order valence-corrected chi connectivity index (χ2v) is 3.39. The van der Waals surface area contributed by atoms with Crippen molar-refractivity contribution >= 4 is 29.5 Å². The van der Waals surface area contributed by atoms with Gasteiger partial charge in [0.1, 0.15) is 0 Å². The molecule has 0 bridgehead atoms. The molecule has 2 N–H and O–H groups in total. The van der Waals surface area contributed by atoms with Crippen LogP contribution in [0.1, 0.15) is 20.3 Å². The molecule has 0 aliphatic carbocycles. The van der Waals surface area contributed by atoms with Crippen LogP contribution in [0, 0.1) is 0 Å². The molecule has 0 aromatic carbocycles. The molecule has 94 valence electrons. The van der Waals surface area contributed by atoms with Gasteiger partial charge in [0.15, 0.2) is 0 Å². The highest BCUT2D eigenvalue weighted by atomic mass is 16.6.